The van der Waals surface area contributed by atoms with Crippen molar-refractivity contribution in [3.05, 3.63) is 66.6 Å². The summed E-state index contributed by atoms with van der Waals surface area (Å²) in [6.45, 7) is 1.76. The number of nitrogens with zero attached hydrogens (tertiary/aromatic N) is 4. The number of anilines is 2. The first-order valence-corrected chi connectivity index (χ1v) is 10.5. The van der Waals surface area contributed by atoms with Crippen LogP contribution in [0.4, 0.5) is 10.8 Å². The molecule has 3 heterocycles. The quantitative estimate of drug-likeness (QED) is 0.502. The normalized spacial score (nSPS) is 14.8. The third-order valence-electron chi connectivity index (χ3n) is 4.96. The molecule has 0 spiro atoms. The van der Waals surface area contributed by atoms with Gasteiger partial charge in [-0.2, -0.15) is 0 Å². The number of thiazole rings is 1. The largest absolute Gasteiger partial charge is 0.437 e. The van der Waals surface area contributed by atoms with E-state index in [1.54, 1.807) is 23.7 Å². The number of para-hydroxylation sites is 1. The molecule has 2 aromatic carbocycles. The fraction of sp³-hybridized carbons (Fsp3) is 0.227. The van der Waals surface area contributed by atoms with E-state index in [2.05, 4.69) is 31.7 Å². The molecule has 0 amide bonds. The number of hydrogen-bond acceptors (Lipinski definition) is 6. The lowest BCUT2D eigenvalue weighted by Crippen LogP contribution is -2.22. The molecule has 2 aromatic heterocycles. The van der Waals surface area contributed by atoms with E-state index in [0.29, 0.717) is 11.8 Å². The molecule has 5 rings (SSSR count). The molecule has 7 heteroatoms. The van der Waals surface area contributed by atoms with Gasteiger partial charge in [-0.25, -0.2) is 15.3 Å². The minimum absolute atomic E-state index is 0.358. The fourth-order valence-electron chi connectivity index (χ4n) is 3.49. The highest BCUT2D eigenvalue weighted by molar-refractivity contribution is 7.22. The highest BCUT2D eigenvalue weighted by Crippen LogP contribution is 2.33. The second-order valence-corrected chi connectivity index (χ2v) is 7.96. The van der Waals surface area contributed by atoms with Gasteiger partial charge in [-0.05, 0) is 49.2 Å². The number of hydrogen-bond donors (Lipinski definition) is 1. The summed E-state index contributed by atoms with van der Waals surface area (Å²) in [7, 11) is 0. The molecule has 1 N–H and O–H groups in total. The third-order valence-corrected chi connectivity index (χ3v) is 5.92. The number of benzene rings is 2. The third kappa shape index (κ3) is 4.06. The van der Waals surface area contributed by atoms with Gasteiger partial charge in [0, 0.05) is 37.1 Å². The predicted octanol–water partition coefficient (Wildman–Crippen LogP) is 5.10. The molecule has 1 aliphatic rings. The van der Waals surface area contributed by atoms with E-state index in [4.69, 9.17) is 4.74 Å². The highest BCUT2D eigenvalue weighted by atomic mass is 32.1. The molecule has 1 radical (unpaired) electrons. The molecule has 0 saturated carbocycles. The topological polar surface area (TPSA) is 74.0 Å². The van der Waals surface area contributed by atoms with Gasteiger partial charge in [0.1, 0.15) is 11.4 Å². The van der Waals surface area contributed by atoms with Gasteiger partial charge in [0.05, 0.1) is 10.2 Å². The molecule has 0 unspecified atom stereocenters. The van der Waals surface area contributed by atoms with Gasteiger partial charge in [-0.1, -0.05) is 23.5 Å². The first kappa shape index (κ1) is 18.0. The standard InChI is InChI=1S/C22H20N5OS/c1-2-4-19-18(3-1)27-22(29-19)26-16-5-7-17(8-6-16)28-21-20(24-13-14-25-21)15-9-11-23-12-10-15/h1-8,13-15H,9-12H2,(H,26,27). The van der Waals surface area contributed by atoms with Gasteiger partial charge >= 0.3 is 0 Å². The lowest BCUT2D eigenvalue weighted by molar-refractivity contribution is 0.407. The minimum atomic E-state index is 0.358. The smallest absolute Gasteiger partial charge is 0.241 e. The summed E-state index contributed by atoms with van der Waals surface area (Å²) in [4.78, 5) is 13.6. The summed E-state index contributed by atoms with van der Waals surface area (Å²) >= 11 is 1.64. The van der Waals surface area contributed by atoms with Gasteiger partial charge in [0.25, 0.3) is 0 Å². The first-order chi connectivity index (χ1) is 14.3. The summed E-state index contributed by atoms with van der Waals surface area (Å²) in [5.41, 5.74) is 2.90. The van der Waals surface area contributed by atoms with Crippen molar-refractivity contribution < 1.29 is 4.74 Å². The van der Waals surface area contributed by atoms with E-state index < -0.39 is 0 Å². The van der Waals surface area contributed by atoms with Crippen molar-refractivity contribution in [3.8, 4) is 11.6 Å². The van der Waals surface area contributed by atoms with Gasteiger partial charge in [-0.15, -0.1) is 0 Å². The van der Waals surface area contributed by atoms with Crippen LogP contribution in [-0.4, -0.2) is 28.0 Å². The Morgan fingerprint density at radius 3 is 2.55 bits per heavy atom. The molecule has 0 aliphatic carbocycles. The Morgan fingerprint density at radius 2 is 1.72 bits per heavy atom. The molecular formula is C22H20N5OS. The van der Waals surface area contributed by atoms with Crippen LogP contribution in [0.15, 0.2) is 60.9 Å². The van der Waals surface area contributed by atoms with Gasteiger partial charge in [-0.3, -0.25) is 4.98 Å². The molecule has 4 aromatic rings. The molecule has 6 nitrogen and oxygen atoms in total. The molecule has 0 atom stereocenters. The van der Waals surface area contributed by atoms with Crippen molar-refractivity contribution in [2.75, 3.05) is 18.4 Å². The van der Waals surface area contributed by atoms with Gasteiger partial charge in [0.15, 0.2) is 5.13 Å². The van der Waals surface area contributed by atoms with Crippen LogP contribution in [0.1, 0.15) is 24.5 Å². The number of fused-ring (bicyclic) bond motifs is 1. The Balaban J connectivity index is 1.31. The zero-order chi connectivity index (χ0) is 19.5. The second kappa shape index (κ2) is 8.14. The van der Waals surface area contributed by atoms with Crippen molar-refractivity contribution in [1.29, 1.82) is 0 Å². The molecule has 145 valence electrons. The zero-order valence-corrected chi connectivity index (χ0v) is 16.6. The number of piperidine rings is 1. The highest BCUT2D eigenvalue weighted by Gasteiger charge is 2.22. The van der Waals surface area contributed by atoms with E-state index in [1.165, 1.54) is 4.70 Å². The van der Waals surface area contributed by atoms with Crippen LogP contribution in [0.5, 0.6) is 11.6 Å². The number of rotatable bonds is 5. The van der Waals surface area contributed by atoms with E-state index in [9.17, 15) is 0 Å². The molecule has 1 saturated heterocycles. The Kier molecular flexibility index (Phi) is 5.06. The second-order valence-electron chi connectivity index (χ2n) is 6.93. The lowest BCUT2D eigenvalue weighted by Gasteiger charge is -2.22. The molecule has 0 bridgehead atoms. The summed E-state index contributed by atoms with van der Waals surface area (Å²) < 4.78 is 7.24. The Morgan fingerprint density at radius 1 is 0.931 bits per heavy atom. The fourth-order valence-corrected chi connectivity index (χ4v) is 4.37. The predicted molar refractivity (Wildman–Crippen MR) is 115 cm³/mol. The van der Waals surface area contributed by atoms with E-state index in [-0.39, 0.29) is 0 Å². The van der Waals surface area contributed by atoms with Crippen molar-refractivity contribution in [1.82, 2.24) is 20.3 Å². The van der Waals surface area contributed by atoms with Crippen molar-refractivity contribution in [2.45, 2.75) is 18.8 Å². The summed E-state index contributed by atoms with van der Waals surface area (Å²) in [5, 5.41) is 8.66. The van der Waals surface area contributed by atoms with Crippen LogP contribution >= 0.6 is 11.3 Å². The number of aromatic nitrogens is 3. The maximum atomic E-state index is 6.07. The number of ether oxygens (including phenoxy) is 1. The first-order valence-electron chi connectivity index (χ1n) is 9.70. The molecule has 29 heavy (non-hydrogen) atoms. The Bertz CT molecular complexity index is 1070. The average molecular weight is 403 g/mol. The average Bonchev–Trinajstić information content (AvgIpc) is 3.18. The lowest BCUT2D eigenvalue weighted by atomic mass is 9.94. The molecule has 1 aliphatic heterocycles. The van der Waals surface area contributed by atoms with Gasteiger partial charge in [0.2, 0.25) is 5.88 Å². The maximum Gasteiger partial charge on any atom is 0.241 e. The summed E-state index contributed by atoms with van der Waals surface area (Å²) in [5.74, 6) is 1.68. The van der Waals surface area contributed by atoms with Gasteiger partial charge < -0.3 is 10.1 Å². The Labute approximate surface area is 173 Å². The minimum Gasteiger partial charge on any atom is -0.437 e. The SMILES string of the molecule is c1ccc2sc(Nc3ccc(Oc4nccnc4C4CC[N]CC4)cc3)nc2c1. The summed E-state index contributed by atoms with van der Waals surface area (Å²) in [6, 6.07) is 16.0. The number of nitrogens with one attached hydrogen (secondary N) is 1. The van der Waals surface area contributed by atoms with E-state index >= 15 is 0 Å². The van der Waals surface area contributed by atoms with Crippen LogP contribution in [0, 0.1) is 0 Å². The van der Waals surface area contributed by atoms with Crippen LogP contribution in [-0.2, 0) is 0 Å². The van der Waals surface area contributed by atoms with E-state index in [1.807, 2.05) is 42.5 Å². The Hall–Kier alpha value is -3.03. The van der Waals surface area contributed by atoms with Crippen LogP contribution < -0.4 is 15.4 Å². The van der Waals surface area contributed by atoms with Crippen LogP contribution in [0.25, 0.3) is 10.2 Å². The monoisotopic (exact) mass is 402 g/mol. The summed E-state index contributed by atoms with van der Waals surface area (Å²) in [6.07, 6.45) is 5.41. The van der Waals surface area contributed by atoms with Crippen molar-refractivity contribution in [3.63, 3.8) is 0 Å². The molecular weight excluding hydrogens is 382 g/mol. The molecule has 1 fully saturated rings. The maximum absolute atomic E-state index is 6.07. The van der Waals surface area contributed by atoms with E-state index in [0.717, 1.165) is 53.7 Å². The zero-order valence-electron chi connectivity index (χ0n) is 15.8. The van der Waals surface area contributed by atoms with Crippen molar-refractivity contribution >= 4 is 32.4 Å². The van der Waals surface area contributed by atoms with Crippen LogP contribution in [0.2, 0.25) is 0 Å². The van der Waals surface area contributed by atoms with Crippen molar-refractivity contribution in [2.24, 2.45) is 0 Å². The van der Waals surface area contributed by atoms with Crippen LogP contribution in [0.3, 0.4) is 0 Å².